The van der Waals surface area contributed by atoms with Crippen LogP contribution in [0.15, 0.2) is 0 Å². The second-order valence-corrected chi connectivity index (χ2v) is 13.5. The maximum atomic E-state index is 3.00. The van der Waals surface area contributed by atoms with Gasteiger partial charge in [0.05, 0.1) is 0 Å². The molecule has 0 aliphatic heterocycles. The van der Waals surface area contributed by atoms with Crippen LogP contribution in [0, 0.1) is 0 Å². The highest BCUT2D eigenvalue weighted by molar-refractivity contribution is 4.84. The van der Waals surface area contributed by atoms with Gasteiger partial charge in [-0.25, -0.2) is 0 Å². The predicted molar refractivity (Wildman–Crippen MR) is 189 cm³/mol. The van der Waals surface area contributed by atoms with Crippen molar-refractivity contribution < 1.29 is 0 Å². The molecule has 0 amide bonds. The van der Waals surface area contributed by atoms with Crippen LogP contribution in [0.5, 0.6) is 0 Å². The summed E-state index contributed by atoms with van der Waals surface area (Å²) >= 11 is 0. The Hall–Kier alpha value is -0.0800. The zero-order chi connectivity index (χ0) is 30.4. The van der Waals surface area contributed by atoms with Gasteiger partial charge in [-0.05, 0) is 51.6 Å². The molecule has 0 bridgehead atoms. The maximum Gasteiger partial charge on any atom is 0.0223 e. The topological polar surface area (TPSA) is 6.48 Å². The highest BCUT2D eigenvalue weighted by Crippen LogP contribution is 2.25. The van der Waals surface area contributed by atoms with E-state index in [1.165, 1.54) is 187 Å². The Kier molecular flexibility index (Phi) is 31.3. The van der Waals surface area contributed by atoms with E-state index >= 15 is 0 Å². The second kappa shape index (κ2) is 31.3. The van der Waals surface area contributed by atoms with E-state index in [4.69, 9.17) is 0 Å². The first-order valence-electron chi connectivity index (χ1n) is 19.6. The van der Waals surface area contributed by atoms with Gasteiger partial charge in [-0.15, -0.1) is 0 Å². The molecule has 0 N–H and O–H groups in total. The van der Waals surface area contributed by atoms with Crippen LogP contribution < -0.4 is 0 Å². The number of hydrogen-bond donors (Lipinski definition) is 0. The molecule has 41 heavy (non-hydrogen) atoms. The normalized spacial score (nSPS) is 13.0. The summed E-state index contributed by atoms with van der Waals surface area (Å²) in [6, 6.07) is 2.30. The van der Waals surface area contributed by atoms with Crippen LogP contribution in [0.4, 0.5) is 0 Å². The average molecular weight is 579 g/mol. The van der Waals surface area contributed by atoms with Crippen LogP contribution >= 0.6 is 0 Å². The van der Waals surface area contributed by atoms with Gasteiger partial charge in [0.2, 0.25) is 0 Å². The lowest BCUT2D eigenvalue weighted by Gasteiger charge is -2.42. The number of nitrogens with zero attached hydrogens (tertiary/aromatic N) is 2. The molecule has 1 unspecified atom stereocenters. The van der Waals surface area contributed by atoms with Crippen molar-refractivity contribution in [2.45, 2.75) is 234 Å². The van der Waals surface area contributed by atoms with Crippen molar-refractivity contribution in [1.82, 2.24) is 9.80 Å². The van der Waals surface area contributed by atoms with E-state index in [2.05, 4.69) is 58.3 Å². The standard InChI is InChI=1S/C39H82N2/c1-8-15-19-23-27-31-38(32-28-24-20-16-9-2)40(35-12-5)36-37(13-6)41(14-7)39(33-29-25-21-17-10-3)34-30-26-22-18-11-4/h37-39H,8-36H2,1-7H3. The molecule has 0 heterocycles. The molecule has 0 saturated carbocycles. The molecule has 0 aromatic carbocycles. The van der Waals surface area contributed by atoms with E-state index in [-0.39, 0.29) is 0 Å². The fraction of sp³-hybridized carbons (Fsp3) is 1.00. The summed E-state index contributed by atoms with van der Waals surface area (Å²) in [5.41, 5.74) is 0. The lowest BCUT2D eigenvalue weighted by molar-refractivity contribution is 0.0650. The van der Waals surface area contributed by atoms with Gasteiger partial charge >= 0.3 is 0 Å². The van der Waals surface area contributed by atoms with Gasteiger partial charge in [-0.1, -0.05) is 177 Å². The molecule has 0 aromatic rings. The van der Waals surface area contributed by atoms with E-state index in [1.54, 1.807) is 0 Å². The molecule has 0 radical (unpaired) electrons. The molecule has 0 rings (SSSR count). The Bertz CT molecular complexity index is 464. The van der Waals surface area contributed by atoms with Crippen molar-refractivity contribution in [3.8, 4) is 0 Å². The molecular weight excluding hydrogens is 496 g/mol. The Morgan fingerprint density at radius 3 is 1.05 bits per heavy atom. The van der Waals surface area contributed by atoms with Crippen LogP contribution in [0.25, 0.3) is 0 Å². The molecule has 0 fully saturated rings. The smallest absolute Gasteiger partial charge is 0.0223 e. The lowest BCUT2D eigenvalue weighted by atomic mass is 9.95. The summed E-state index contributed by atoms with van der Waals surface area (Å²) in [6.07, 6.45) is 36.6. The van der Waals surface area contributed by atoms with Crippen molar-refractivity contribution in [3.63, 3.8) is 0 Å². The van der Waals surface area contributed by atoms with Crippen LogP contribution in [0.2, 0.25) is 0 Å². The van der Waals surface area contributed by atoms with Gasteiger partial charge in [0.25, 0.3) is 0 Å². The van der Waals surface area contributed by atoms with Crippen molar-refractivity contribution in [2.75, 3.05) is 19.6 Å². The number of rotatable bonds is 33. The summed E-state index contributed by atoms with van der Waals surface area (Å²) in [7, 11) is 0. The summed E-state index contributed by atoms with van der Waals surface area (Å²) in [4.78, 5) is 6.00. The molecule has 0 spiro atoms. The van der Waals surface area contributed by atoms with Crippen molar-refractivity contribution in [2.24, 2.45) is 0 Å². The second-order valence-electron chi connectivity index (χ2n) is 13.5. The highest BCUT2D eigenvalue weighted by atomic mass is 15.2. The highest BCUT2D eigenvalue weighted by Gasteiger charge is 2.27. The molecule has 0 aromatic heterocycles. The SMILES string of the molecule is CCCCCCCC(CCCCCCC)N(CCC)CC(CC)N(CC)C(CCCCCCC)CCCCCCC. The summed E-state index contributed by atoms with van der Waals surface area (Å²) in [5, 5.41) is 0. The zero-order valence-electron chi connectivity index (χ0n) is 30.1. The van der Waals surface area contributed by atoms with E-state index < -0.39 is 0 Å². The molecule has 2 nitrogen and oxygen atoms in total. The van der Waals surface area contributed by atoms with Gasteiger partial charge in [0.1, 0.15) is 0 Å². The fourth-order valence-corrected chi connectivity index (χ4v) is 7.18. The molecule has 0 saturated heterocycles. The van der Waals surface area contributed by atoms with E-state index in [1.807, 2.05) is 0 Å². The molecule has 0 aliphatic carbocycles. The quantitative estimate of drug-likeness (QED) is 0.0714. The van der Waals surface area contributed by atoms with Crippen LogP contribution in [-0.2, 0) is 0 Å². The van der Waals surface area contributed by atoms with E-state index in [0.29, 0.717) is 6.04 Å². The van der Waals surface area contributed by atoms with Gasteiger partial charge in [0, 0.05) is 24.7 Å². The van der Waals surface area contributed by atoms with Crippen LogP contribution in [0.3, 0.4) is 0 Å². The molecular formula is C39H82N2. The van der Waals surface area contributed by atoms with Gasteiger partial charge in [0.15, 0.2) is 0 Å². The number of hydrogen-bond acceptors (Lipinski definition) is 2. The van der Waals surface area contributed by atoms with Gasteiger partial charge < -0.3 is 0 Å². The Balaban J connectivity index is 5.52. The van der Waals surface area contributed by atoms with Gasteiger partial charge in [-0.3, -0.25) is 9.80 Å². The fourth-order valence-electron chi connectivity index (χ4n) is 7.18. The minimum atomic E-state index is 0.713. The first-order valence-corrected chi connectivity index (χ1v) is 19.6. The van der Waals surface area contributed by atoms with Gasteiger partial charge in [-0.2, -0.15) is 0 Å². The summed E-state index contributed by atoms with van der Waals surface area (Å²) in [5.74, 6) is 0. The van der Waals surface area contributed by atoms with Crippen molar-refractivity contribution in [3.05, 3.63) is 0 Å². The number of unbranched alkanes of at least 4 members (excludes halogenated alkanes) is 16. The minimum Gasteiger partial charge on any atom is -0.299 e. The molecule has 248 valence electrons. The Morgan fingerprint density at radius 2 is 0.732 bits per heavy atom. The van der Waals surface area contributed by atoms with Crippen molar-refractivity contribution >= 4 is 0 Å². The molecule has 1 atom stereocenters. The summed E-state index contributed by atoms with van der Waals surface area (Å²) in [6.45, 7) is 20.6. The van der Waals surface area contributed by atoms with E-state index in [0.717, 1.165) is 12.1 Å². The zero-order valence-corrected chi connectivity index (χ0v) is 30.1. The lowest BCUT2D eigenvalue weighted by Crippen LogP contribution is -2.51. The Morgan fingerprint density at radius 1 is 0.366 bits per heavy atom. The van der Waals surface area contributed by atoms with Crippen LogP contribution in [0.1, 0.15) is 215 Å². The molecule has 2 heteroatoms. The number of likely N-dealkylation sites (N-methyl/N-ethyl adjacent to an activating group) is 1. The average Bonchev–Trinajstić information content (AvgIpc) is 2.98. The predicted octanol–water partition coefficient (Wildman–Crippen LogP) is 13.0. The largest absolute Gasteiger partial charge is 0.299 e. The Labute approximate surface area is 262 Å². The first-order chi connectivity index (χ1) is 20.1. The third kappa shape index (κ3) is 22.1. The van der Waals surface area contributed by atoms with Crippen molar-refractivity contribution in [1.29, 1.82) is 0 Å². The third-order valence-electron chi connectivity index (χ3n) is 9.81. The monoisotopic (exact) mass is 579 g/mol. The first kappa shape index (κ1) is 40.9. The van der Waals surface area contributed by atoms with E-state index in [9.17, 15) is 0 Å². The molecule has 0 aliphatic rings. The maximum absolute atomic E-state index is 3.00. The van der Waals surface area contributed by atoms with Crippen LogP contribution in [-0.4, -0.2) is 47.6 Å². The minimum absolute atomic E-state index is 0.713. The summed E-state index contributed by atoms with van der Waals surface area (Å²) < 4.78 is 0. The third-order valence-corrected chi connectivity index (χ3v) is 9.81.